The van der Waals surface area contributed by atoms with Crippen LogP contribution >= 0.6 is 0 Å². The van der Waals surface area contributed by atoms with Gasteiger partial charge < -0.3 is 9.13 Å². The number of aromatic nitrogens is 6. The van der Waals surface area contributed by atoms with Crippen molar-refractivity contribution >= 4 is 65.4 Å². The van der Waals surface area contributed by atoms with E-state index >= 15 is 0 Å². The second kappa shape index (κ2) is 15.6. The van der Waals surface area contributed by atoms with Crippen molar-refractivity contribution in [3.63, 3.8) is 0 Å². The van der Waals surface area contributed by atoms with Gasteiger partial charge in [-0.3, -0.25) is 4.57 Å². The number of para-hydroxylation sites is 5. The molecule has 0 bridgehead atoms. The van der Waals surface area contributed by atoms with Crippen molar-refractivity contribution in [2.75, 3.05) is 0 Å². The first-order valence-electron chi connectivity index (χ1n) is 23.4. The van der Waals surface area contributed by atoms with Gasteiger partial charge in [-0.25, -0.2) is 4.98 Å². The van der Waals surface area contributed by atoms with Crippen LogP contribution in [0.3, 0.4) is 0 Å². The van der Waals surface area contributed by atoms with Gasteiger partial charge in [0.1, 0.15) is 0 Å². The topological polar surface area (TPSA) is 53.5 Å². The first-order chi connectivity index (χ1) is 34.2. The molecule has 4 aromatic heterocycles. The minimum absolute atomic E-state index is 0.531. The molecule has 0 aliphatic rings. The molecule has 0 unspecified atom stereocenters. The molecule has 10 aromatic carbocycles. The largest absolute Gasteiger partial charge is 0.309 e. The van der Waals surface area contributed by atoms with Crippen LogP contribution in [0, 0.1) is 0 Å². The number of rotatable bonds is 7. The van der Waals surface area contributed by atoms with Gasteiger partial charge in [0, 0.05) is 49.1 Å². The predicted octanol–water partition coefficient (Wildman–Crippen LogP) is 15.8. The number of benzene rings is 10. The monoisotopic (exact) mass is 880 g/mol. The minimum atomic E-state index is 0.531. The van der Waals surface area contributed by atoms with Crippen molar-refractivity contribution in [3.05, 3.63) is 243 Å². The number of nitrogens with zero attached hydrogens (tertiary/aromatic N) is 6. The quantitative estimate of drug-likeness (QED) is 0.160. The van der Waals surface area contributed by atoms with Gasteiger partial charge in [-0.1, -0.05) is 194 Å². The minimum Gasteiger partial charge on any atom is -0.309 e. The first-order valence-corrected chi connectivity index (χ1v) is 23.4. The Balaban J connectivity index is 1.14. The van der Waals surface area contributed by atoms with E-state index in [4.69, 9.17) is 15.0 Å². The van der Waals surface area contributed by atoms with Gasteiger partial charge in [-0.05, 0) is 70.8 Å². The summed E-state index contributed by atoms with van der Waals surface area (Å²) in [5, 5.41) is 6.90. The second-order valence-electron chi connectivity index (χ2n) is 17.6. The van der Waals surface area contributed by atoms with Gasteiger partial charge in [0.25, 0.3) is 0 Å². The third kappa shape index (κ3) is 6.16. The Bertz CT molecular complexity index is 4230. The van der Waals surface area contributed by atoms with Gasteiger partial charge in [0.2, 0.25) is 5.95 Å². The molecule has 0 aliphatic carbocycles. The molecular weight excluding hydrogens is 841 g/mol. The molecule has 6 nitrogen and oxygen atoms in total. The molecule has 14 rings (SSSR count). The first kappa shape index (κ1) is 38.8. The lowest BCUT2D eigenvalue weighted by atomic mass is 10.0. The number of hydrogen-bond donors (Lipinski definition) is 0. The molecule has 4 heterocycles. The summed E-state index contributed by atoms with van der Waals surface area (Å²) in [4.78, 5) is 16.4. The Morgan fingerprint density at radius 1 is 0.261 bits per heavy atom. The highest BCUT2D eigenvalue weighted by Gasteiger charge is 2.27. The Hall–Kier alpha value is -9.39. The van der Waals surface area contributed by atoms with Crippen molar-refractivity contribution < 1.29 is 0 Å². The molecule has 0 atom stereocenters. The SMILES string of the molecule is c1ccc(-c2ccc(-c3nc(-c4cccc(-c5ccccc5)c4)nc(-n4c5ccccc5c5c(-n6c7ccccc7c7ccccc76)cc6c7ccccc7n(-c7ccccc7)c6c54)n3)cc2)cc1. The molecule has 0 saturated carbocycles. The second-order valence-corrected chi connectivity index (χ2v) is 17.6. The summed E-state index contributed by atoms with van der Waals surface area (Å²) in [6.07, 6.45) is 0. The van der Waals surface area contributed by atoms with Crippen molar-refractivity contribution in [3.8, 4) is 62.4 Å². The fraction of sp³-hybridized carbons (Fsp3) is 0. The molecule has 6 heteroatoms. The molecule has 0 radical (unpaired) electrons. The van der Waals surface area contributed by atoms with Crippen LogP contribution in [0.1, 0.15) is 0 Å². The Kier molecular flexibility index (Phi) is 8.79. The highest BCUT2D eigenvalue weighted by atomic mass is 15.2. The summed E-state index contributed by atoms with van der Waals surface area (Å²) >= 11 is 0. The van der Waals surface area contributed by atoms with Crippen molar-refractivity contribution in [2.24, 2.45) is 0 Å². The smallest absolute Gasteiger partial charge is 0.238 e. The zero-order chi connectivity index (χ0) is 45.4. The van der Waals surface area contributed by atoms with Crippen LogP contribution in [-0.2, 0) is 0 Å². The van der Waals surface area contributed by atoms with E-state index < -0.39 is 0 Å². The molecule has 0 N–H and O–H groups in total. The normalized spacial score (nSPS) is 11.8. The maximum Gasteiger partial charge on any atom is 0.238 e. The standard InChI is InChI=1S/C63H40N6/c1-4-19-41(20-5-1)43-35-37-44(38-36-43)61-64-62(46-24-18-23-45(39-46)42-21-6-2-7-22-42)66-63(65-61)69-56-34-17-13-30-51(56)58-57(68-54-32-15-10-27-48(54)49-28-11-16-33-55(49)68)40-52-50-29-12-14-31-53(50)67(59(52)60(58)69)47-25-8-3-9-26-47/h1-40H. The summed E-state index contributed by atoms with van der Waals surface area (Å²) in [6.45, 7) is 0. The van der Waals surface area contributed by atoms with E-state index in [1.807, 2.05) is 12.1 Å². The van der Waals surface area contributed by atoms with Gasteiger partial charge in [-0.2, -0.15) is 9.97 Å². The van der Waals surface area contributed by atoms with E-state index in [2.05, 4.69) is 244 Å². The van der Waals surface area contributed by atoms with E-state index in [-0.39, 0.29) is 0 Å². The average Bonchev–Trinajstić information content (AvgIpc) is 4.08. The van der Waals surface area contributed by atoms with E-state index in [0.717, 1.165) is 99.4 Å². The van der Waals surface area contributed by atoms with Crippen LogP contribution in [0.2, 0.25) is 0 Å². The lowest BCUT2D eigenvalue weighted by Crippen LogP contribution is -2.07. The van der Waals surface area contributed by atoms with E-state index in [0.29, 0.717) is 17.6 Å². The Labute approximate surface area is 397 Å². The van der Waals surface area contributed by atoms with Gasteiger partial charge in [-0.15, -0.1) is 0 Å². The lowest BCUT2D eigenvalue weighted by Gasteiger charge is -2.16. The van der Waals surface area contributed by atoms with Crippen LogP contribution in [0.4, 0.5) is 0 Å². The van der Waals surface area contributed by atoms with Crippen LogP contribution in [0.5, 0.6) is 0 Å². The lowest BCUT2D eigenvalue weighted by molar-refractivity contribution is 0.953. The third-order valence-corrected chi connectivity index (χ3v) is 13.7. The summed E-state index contributed by atoms with van der Waals surface area (Å²) in [5.74, 6) is 1.71. The molecule has 0 saturated heterocycles. The van der Waals surface area contributed by atoms with Crippen molar-refractivity contribution in [1.29, 1.82) is 0 Å². The molecule has 0 amide bonds. The van der Waals surface area contributed by atoms with Crippen LogP contribution in [-0.4, -0.2) is 28.7 Å². The highest BCUT2D eigenvalue weighted by molar-refractivity contribution is 6.27. The van der Waals surface area contributed by atoms with Crippen LogP contribution in [0.25, 0.3) is 128 Å². The van der Waals surface area contributed by atoms with Crippen molar-refractivity contribution in [2.45, 2.75) is 0 Å². The average molecular weight is 881 g/mol. The summed E-state index contributed by atoms with van der Waals surface area (Å²) < 4.78 is 7.19. The summed E-state index contributed by atoms with van der Waals surface area (Å²) in [5.41, 5.74) is 14.9. The number of fused-ring (bicyclic) bond motifs is 10. The maximum atomic E-state index is 5.55. The maximum absolute atomic E-state index is 5.55. The van der Waals surface area contributed by atoms with Gasteiger partial charge >= 0.3 is 0 Å². The molecule has 14 aromatic rings. The zero-order valence-corrected chi connectivity index (χ0v) is 37.3. The highest BCUT2D eigenvalue weighted by Crippen LogP contribution is 2.46. The Morgan fingerprint density at radius 3 is 1.32 bits per heavy atom. The molecule has 0 spiro atoms. The zero-order valence-electron chi connectivity index (χ0n) is 37.3. The van der Waals surface area contributed by atoms with Crippen molar-refractivity contribution in [1.82, 2.24) is 28.7 Å². The van der Waals surface area contributed by atoms with Crippen LogP contribution < -0.4 is 0 Å². The van der Waals surface area contributed by atoms with E-state index in [1.165, 1.54) is 10.8 Å². The van der Waals surface area contributed by atoms with Gasteiger partial charge in [0.15, 0.2) is 11.6 Å². The van der Waals surface area contributed by atoms with E-state index in [1.54, 1.807) is 0 Å². The van der Waals surface area contributed by atoms with E-state index in [9.17, 15) is 0 Å². The predicted molar refractivity (Wildman–Crippen MR) is 285 cm³/mol. The van der Waals surface area contributed by atoms with Gasteiger partial charge in [0.05, 0.1) is 38.8 Å². The molecule has 0 aliphatic heterocycles. The van der Waals surface area contributed by atoms with Crippen LogP contribution in [0.15, 0.2) is 243 Å². The summed E-state index contributed by atoms with van der Waals surface area (Å²) in [6, 6.07) is 86.2. The molecule has 0 fully saturated rings. The fourth-order valence-corrected chi connectivity index (χ4v) is 10.6. The molecule has 69 heavy (non-hydrogen) atoms. The molecular formula is C63H40N6. The molecule has 322 valence electrons. The number of hydrogen-bond acceptors (Lipinski definition) is 3. The third-order valence-electron chi connectivity index (χ3n) is 13.7. The summed E-state index contributed by atoms with van der Waals surface area (Å²) in [7, 11) is 0. The Morgan fingerprint density at radius 2 is 0.696 bits per heavy atom. The fourth-order valence-electron chi connectivity index (χ4n) is 10.6.